The van der Waals surface area contributed by atoms with Gasteiger partial charge < -0.3 is 0 Å². The average molecular weight is 226 g/mol. The minimum Gasteiger partial charge on any atom is -0.179 e. The van der Waals surface area contributed by atoms with Gasteiger partial charge >= 0.3 is 0 Å². The van der Waals surface area contributed by atoms with E-state index in [2.05, 4.69) is 49.9 Å². The minimum absolute atomic E-state index is 0.770. The van der Waals surface area contributed by atoms with Crippen molar-refractivity contribution in [2.75, 3.05) is 11.5 Å². The van der Waals surface area contributed by atoms with Crippen molar-refractivity contribution in [2.24, 2.45) is 5.92 Å². The quantitative estimate of drug-likeness (QED) is 0.718. The predicted octanol–water partition coefficient (Wildman–Crippen LogP) is 3.88. The highest BCUT2D eigenvalue weighted by atomic mass is 32.2. The van der Waals surface area contributed by atoms with Gasteiger partial charge in [-0.05, 0) is 23.0 Å². The molecular weight excluding hydrogens is 208 g/mol. The molecule has 0 aliphatic heterocycles. The molecule has 0 saturated carbocycles. The van der Waals surface area contributed by atoms with Crippen LogP contribution < -0.4 is 0 Å². The molecule has 0 nitrogen and oxygen atoms in total. The molecule has 14 heavy (non-hydrogen) atoms. The lowest BCUT2D eigenvalue weighted by atomic mass is 10.2. The molecule has 78 valence electrons. The largest absolute Gasteiger partial charge is 0.179 e. The number of thiol groups is 1. The third-order valence-corrected chi connectivity index (χ3v) is 4.06. The first-order valence-electron chi connectivity index (χ1n) is 5.09. The molecule has 0 aliphatic rings. The molecule has 1 aromatic rings. The summed E-state index contributed by atoms with van der Waals surface area (Å²) in [4.78, 5) is 0. The Kier molecular flexibility index (Phi) is 6.20. The summed E-state index contributed by atoms with van der Waals surface area (Å²) in [7, 11) is 0. The molecule has 0 spiro atoms. The summed E-state index contributed by atoms with van der Waals surface area (Å²) >= 11 is 6.36. The number of benzene rings is 1. The van der Waals surface area contributed by atoms with Gasteiger partial charge in [-0.2, -0.15) is 24.4 Å². The molecule has 0 radical (unpaired) electrons. The topological polar surface area (TPSA) is 0 Å². The van der Waals surface area contributed by atoms with E-state index < -0.39 is 0 Å². The second-order valence-electron chi connectivity index (χ2n) is 3.46. The predicted molar refractivity (Wildman–Crippen MR) is 70.2 cm³/mol. The Bertz CT molecular complexity index is 229. The van der Waals surface area contributed by atoms with Gasteiger partial charge in [0.25, 0.3) is 0 Å². The molecule has 0 fully saturated rings. The molecule has 1 aromatic carbocycles. The lowest BCUT2D eigenvalue weighted by Gasteiger charge is -2.10. The number of thioether (sulfide) groups is 1. The first-order valence-corrected chi connectivity index (χ1v) is 6.88. The molecule has 2 heteroatoms. The zero-order valence-corrected chi connectivity index (χ0v) is 10.4. The second kappa shape index (κ2) is 7.24. The van der Waals surface area contributed by atoms with Crippen LogP contribution in [0.1, 0.15) is 18.9 Å². The van der Waals surface area contributed by atoms with Gasteiger partial charge in [0.1, 0.15) is 0 Å². The molecule has 0 heterocycles. The van der Waals surface area contributed by atoms with Crippen molar-refractivity contribution in [2.45, 2.75) is 19.1 Å². The monoisotopic (exact) mass is 226 g/mol. The van der Waals surface area contributed by atoms with Gasteiger partial charge in [0.05, 0.1) is 0 Å². The van der Waals surface area contributed by atoms with Crippen molar-refractivity contribution in [3.05, 3.63) is 35.9 Å². The summed E-state index contributed by atoms with van der Waals surface area (Å²) < 4.78 is 0. The fourth-order valence-corrected chi connectivity index (χ4v) is 3.01. The van der Waals surface area contributed by atoms with Crippen LogP contribution in [0.25, 0.3) is 0 Å². The van der Waals surface area contributed by atoms with E-state index in [-0.39, 0.29) is 0 Å². The van der Waals surface area contributed by atoms with Gasteiger partial charge in [-0.1, -0.05) is 43.7 Å². The number of rotatable bonds is 6. The van der Waals surface area contributed by atoms with E-state index in [0.29, 0.717) is 0 Å². The third-order valence-electron chi connectivity index (χ3n) is 2.30. The fourth-order valence-electron chi connectivity index (χ4n) is 1.22. The average Bonchev–Trinajstić information content (AvgIpc) is 2.26. The van der Waals surface area contributed by atoms with Gasteiger partial charge in [-0.3, -0.25) is 0 Å². The van der Waals surface area contributed by atoms with E-state index in [1.54, 1.807) is 0 Å². The van der Waals surface area contributed by atoms with Crippen LogP contribution in [0, 0.1) is 5.92 Å². The van der Waals surface area contributed by atoms with Crippen LogP contribution in [0.4, 0.5) is 0 Å². The van der Waals surface area contributed by atoms with Crippen molar-refractivity contribution in [3.8, 4) is 0 Å². The van der Waals surface area contributed by atoms with Crippen molar-refractivity contribution in [1.82, 2.24) is 0 Å². The van der Waals surface area contributed by atoms with Gasteiger partial charge in [-0.25, -0.2) is 0 Å². The Morgan fingerprint density at radius 2 is 2.00 bits per heavy atom. The van der Waals surface area contributed by atoms with Crippen LogP contribution in [0.5, 0.6) is 0 Å². The molecule has 1 unspecified atom stereocenters. The number of hydrogen-bond acceptors (Lipinski definition) is 2. The van der Waals surface area contributed by atoms with Gasteiger partial charge in [0, 0.05) is 5.75 Å². The van der Waals surface area contributed by atoms with Crippen LogP contribution >= 0.6 is 24.4 Å². The van der Waals surface area contributed by atoms with Crippen LogP contribution in [0.15, 0.2) is 30.3 Å². The van der Waals surface area contributed by atoms with Gasteiger partial charge in [-0.15, -0.1) is 0 Å². The summed E-state index contributed by atoms with van der Waals surface area (Å²) in [5.41, 5.74) is 1.42. The van der Waals surface area contributed by atoms with E-state index in [4.69, 9.17) is 0 Å². The van der Waals surface area contributed by atoms with E-state index in [9.17, 15) is 0 Å². The zero-order chi connectivity index (χ0) is 10.2. The Labute approximate surface area is 96.9 Å². The summed E-state index contributed by atoms with van der Waals surface area (Å²) in [6, 6.07) is 10.7. The first kappa shape index (κ1) is 12.0. The summed E-state index contributed by atoms with van der Waals surface area (Å²) in [5, 5.41) is 0. The maximum absolute atomic E-state index is 4.34. The molecule has 0 N–H and O–H groups in total. The molecule has 0 amide bonds. The lowest BCUT2D eigenvalue weighted by molar-refractivity contribution is 0.649. The standard InChI is InChI=1S/C12H18S2/c1-2-11(8-13)9-14-10-12-6-4-3-5-7-12/h3-7,11,13H,2,8-10H2,1H3. The highest BCUT2D eigenvalue weighted by Gasteiger charge is 2.03. The summed E-state index contributed by atoms with van der Waals surface area (Å²) in [5.74, 6) is 4.14. The highest BCUT2D eigenvalue weighted by molar-refractivity contribution is 7.98. The van der Waals surface area contributed by atoms with Crippen molar-refractivity contribution < 1.29 is 0 Å². The Morgan fingerprint density at radius 3 is 2.57 bits per heavy atom. The van der Waals surface area contributed by atoms with Crippen LogP contribution in [0.3, 0.4) is 0 Å². The van der Waals surface area contributed by atoms with Crippen LogP contribution in [-0.2, 0) is 5.75 Å². The maximum Gasteiger partial charge on any atom is 0.0184 e. The molecule has 0 bridgehead atoms. The van der Waals surface area contributed by atoms with Gasteiger partial charge in [0.2, 0.25) is 0 Å². The van der Waals surface area contributed by atoms with Crippen LogP contribution in [0.2, 0.25) is 0 Å². The zero-order valence-electron chi connectivity index (χ0n) is 8.65. The van der Waals surface area contributed by atoms with E-state index in [1.165, 1.54) is 17.7 Å². The smallest absolute Gasteiger partial charge is 0.0184 e. The Balaban J connectivity index is 2.21. The van der Waals surface area contributed by atoms with E-state index in [0.717, 1.165) is 17.4 Å². The van der Waals surface area contributed by atoms with E-state index in [1.807, 2.05) is 11.8 Å². The first-order chi connectivity index (χ1) is 6.86. The fraction of sp³-hybridized carbons (Fsp3) is 0.500. The Hall–Kier alpha value is -0.0800. The number of hydrogen-bond donors (Lipinski definition) is 1. The van der Waals surface area contributed by atoms with Crippen molar-refractivity contribution >= 4 is 24.4 Å². The van der Waals surface area contributed by atoms with Crippen molar-refractivity contribution in [1.29, 1.82) is 0 Å². The third kappa shape index (κ3) is 4.43. The lowest BCUT2D eigenvalue weighted by Crippen LogP contribution is -2.03. The molecule has 0 aromatic heterocycles. The summed E-state index contributed by atoms with van der Waals surface area (Å²) in [6.45, 7) is 2.24. The molecular formula is C12H18S2. The second-order valence-corrected chi connectivity index (χ2v) is 4.85. The maximum atomic E-state index is 4.34. The van der Waals surface area contributed by atoms with Gasteiger partial charge in [0.15, 0.2) is 0 Å². The normalized spacial score (nSPS) is 12.7. The van der Waals surface area contributed by atoms with Crippen molar-refractivity contribution in [3.63, 3.8) is 0 Å². The molecule has 1 atom stereocenters. The SMILES string of the molecule is CCC(CS)CSCc1ccccc1. The molecule has 0 aliphatic carbocycles. The summed E-state index contributed by atoms with van der Waals surface area (Å²) in [6.07, 6.45) is 1.24. The molecule has 0 saturated heterocycles. The minimum atomic E-state index is 0.770. The van der Waals surface area contributed by atoms with Crippen LogP contribution in [-0.4, -0.2) is 11.5 Å². The molecule has 1 rings (SSSR count). The highest BCUT2D eigenvalue weighted by Crippen LogP contribution is 2.17. The van der Waals surface area contributed by atoms with E-state index >= 15 is 0 Å². The Morgan fingerprint density at radius 1 is 1.29 bits per heavy atom.